The number of hydrogen-bond donors (Lipinski definition) is 3. The zero-order valence-electron chi connectivity index (χ0n) is 8.29. The summed E-state index contributed by atoms with van der Waals surface area (Å²) < 4.78 is 0. The Balaban J connectivity index is 2.81. The van der Waals surface area contributed by atoms with E-state index in [2.05, 4.69) is 15.6 Å². The summed E-state index contributed by atoms with van der Waals surface area (Å²) in [5.41, 5.74) is -0.750. The Hall–Kier alpha value is -1.43. The van der Waals surface area contributed by atoms with E-state index in [9.17, 15) is 14.7 Å². The van der Waals surface area contributed by atoms with Crippen molar-refractivity contribution >= 4 is 17.8 Å². The SMILES string of the molecule is CC(O)C(C)(C)N=C1NC(=O)C(=O)N1. The van der Waals surface area contributed by atoms with Gasteiger partial charge in [-0.25, -0.2) is 4.99 Å². The summed E-state index contributed by atoms with van der Waals surface area (Å²) >= 11 is 0. The van der Waals surface area contributed by atoms with Gasteiger partial charge >= 0.3 is 11.8 Å². The smallest absolute Gasteiger partial charge is 0.316 e. The Morgan fingerprint density at radius 2 is 1.71 bits per heavy atom. The van der Waals surface area contributed by atoms with E-state index in [0.717, 1.165) is 0 Å². The van der Waals surface area contributed by atoms with E-state index in [0.29, 0.717) is 0 Å². The number of rotatable bonds is 2. The van der Waals surface area contributed by atoms with Crippen LogP contribution >= 0.6 is 0 Å². The summed E-state index contributed by atoms with van der Waals surface area (Å²) in [5.74, 6) is -1.37. The van der Waals surface area contributed by atoms with Gasteiger partial charge in [-0.3, -0.25) is 20.2 Å². The van der Waals surface area contributed by atoms with E-state index in [1.54, 1.807) is 20.8 Å². The Morgan fingerprint density at radius 3 is 2.07 bits per heavy atom. The Bertz CT molecular complexity index is 289. The lowest BCUT2D eigenvalue weighted by atomic mass is 10.0. The predicted molar refractivity (Wildman–Crippen MR) is 49.5 cm³/mol. The Labute approximate surface area is 81.4 Å². The third kappa shape index (κ3) is 2.08. The molecule has 0 aromatic rings. The molecule has 1 fully saturated rings. The first-order chi connectivity index (χ1) is 6.33. The summed E-state index contributed by atoms with van der Waals surface area (Å²) in [6.45, 7) is 4.98. The van der Waals surface area contributed by atoms with Crippen molar-refractivity contribution in [1.29, 1.82) is 0 Å². The molecule has 14 heavy (non-hydrogen) atoms. The van der Waals surface area contributed by atoms with Crippen LogP contribution in [0.1, 0.15) is 20.8 Å². The third-order valence-electron chi connectivity index (χ3n) is 2.09. The minimum absolute atomic E-state index is 0.0888. The molecule has 6 heteroatoms. The molecule has 1 atom stereocenters. The highest BCUT2D eigenvalue weighted by molar-refractivity contribution is 6.45. The van der Waals surface area contributed by atoms with Crippen LogP contribution in [0.15, 0.2) is 4.99 Å². The summed E-state index contributed by atoms with van der Waals surface area (Å²) in [7, 11) is 0. The molecule has 78 valence electrons. The van der Waals surface area contributed by atoms with Gasteiger partial charge < -0.3 is 5.11 Å². The van der Waals surface area contributed by atoms with Crippen LogP contribution < -0.4 is 10.6 Å². The summed E-state index contributed by atoms with van der Waals surface area (Å²) in [6, 6.07) is 0. The van der Waals surface area contributed by atoms with Crippen molar-refractivity contribution in [2.75, 3.05) is 0 Å². The minimum atomic E-state index is -0.750. The highest BCUT2D eigenvalue weighted by atomic mass is 16.3. The van der Waals surface area contributed by atoms with Crippen LogP contribution in [0.5, 0.6) is 0 Å². The molecule has 2 amide bonds. The lowest BCUT2D eigenvalue weighted by molar-refractivity contribution is -0.135. The molecule has 1 heterocycles. The van der Waals surface area contributed by atoms with Crippen molar-refractivity contribution < 1.29 is 14.7 Å². The average molecular weight is 199 g/mol. The lowest BCUT2D eigenvalue weighted by Crippen LogP contribution is -2.37. The second-order valence-corrected chi connectivity index (χ2v) is 3.70. The van der Waals surface area contributed by atoms with E-state index in [1.165, 1.54) is 0 Å². The number of guanidine groups is 1. The van der Waals surface area contributed by atoms with Gasteiger partial charge in [0.15, 0.2) is 0 Å². The molecule has 1 rings (SSSR count). The second kappa shape index (κ2) is 3.38. The number of hydrogen-bond acceptors (Lipinski definition) is 4. The predicted octanol–water partition coefficient (Wildman–Crippen LogP) is -1.25. The van der Waals surface area contributed by atoms with Crippen LogP contribution in [-0.4, -0.2) is 34.5 Å². The fourth-order valence-corrected chi connectivity index (χ4v) is 0.797. The molecular formula is C8H13N3O3. The van der Waals surface area contributed by atoms with Crippen molar-refractivity contribution in [2.24, 2.45) is 4.99 Å². The van der Waals surface area contributed by atoms with Crippen molar-refractivity contribution in [1.82, 2.24) is 10.6 Å². The maximum absolute atomic E-state index is 10.8. The maximum Gasteiger partial charge on any atom is 0.316 e. The van der Waals surface area contributed by atoms with E-state index in [1.807, 2.05) is 0 Å². The van der Waals surface area contributed by atoms with Crippen molar-refractivity contribution in [3.05, 3.63) is 0 Å². The van der Waals surface area contributed by atoms with Gasteiger partial charge in [0.2, 0.25) is 5.96 Å². The zero-order valence-corrected chi connectivity index (χ0v) is 8.29. The minimum Gasteiger partial charge on any atom is -0.391 e. The van der Waals surface area contributed by atoms with Crippen molar-refractivity contribution in [3.8, 4) is 0 Å². The quantitative estimate of drug-likeness (QED) is 0.485. The number of carbonyl (C=O) groups is 2. The topological polar surface area (TPSA) is 90.8 Å². The van der Waals surface area contributed by atoms with Gasteiger partial charge in [0.1, 0.15) is 0 Å². The normalized spacial score (nSPS) is 19.0. The standard InChI is InChI=1S/C8H13N3O3/c1-4(12)8(2,3)11-7-9-5(13)6(14)10-7/h4,12H,1-3H3,(H2,9,10,11,13,14). The number of amides is 2. The van der Waals surface area contributed by atoms with Crippen LogP contribution in [0.3, 0.4) is 0 Å². The molecule has 0 radical (unpaired) electrons. The van der Waals surface area contributed by atoms with Gasteiger partial charge in [0.05, 0.1) is 11.6 Å². The monoisotopic (exact) mass is 199 g/mol. The molecule has 0 bridgehead atoms. The van der Waals surface area contributed by atoms with Gasteiger partial charge in [-0.1, -0.05) is 0 Å². The van der Waals surface area contributed by atoms with Gasteiger partial charge in [-0.05, 0) is 20.8 Å². The van der Waals surface area contributed by atoms with E-state index < -0.39 is 23.5 Å². The highest BCUT2D eigenvalue weighted by Crippen LogP contribution is 2.14. The van der Waals surface area contributed by atoms with Gasteiger partial charge in [-0.15, -0.1) is 0 Å². The van der Waals surface area contributed by atoms with Crippen LogP contribution in [0.2, 0.25) is 0 Å². The molecule has 0 saturated carbocycles. The summed E-state index contributed by atoms with van der Waals surface area (Å²) in [6.07, 6.45) is -0.676. The van der Waals surface area contributed by atoms with Crippen LogP contribution in [0.4, 0.5) is 0 Å². The van der Waals surface area contributed by atoms with E-state index >= 15 is 0 Å². The summed E-state index contributed by atoms with van der Waals surface area (Å²) in [4.78, 5) is 25.6. The fraction of sp³-hybridized carbons (Fsp3) is 0.625. The van der Waals surface area contributed by atoms with E-state index in [4.69, 9.17) is 0 Å². The first-order valence-electron chi connectivity index (χ1n) is 4.23. The first kappa shape index (κ1) is 10.6. The maximum atomic E-state index is 10.8. The van der Waals surface area contributed by atoms with Gasteiger partial charge in [-0.2, -0.15) is 0 Å². The number of nitrogens with zero attached hydrogens (tertiary/aromatic N) is 1. The average Bonchev–Trinajstić information content (AvgIpc) is 2.29. The molecule has 0 spiro atoms. The highest BCUT2D eigenvalue weighted by Gasteiger charge is 2.30. The van der Waals surface area contributed by atoms with Crippen LogP contribution in [0, 0.1) is 0 Å². The molecule has 1 saturated heterocycles. The number of aliphatic imine (C=N–C) groups is 1. The number of aliphatic hydroxyl groups excluding tert-OH is 1. The lowest BCUT2D eigenvalue weighted by Gasteiger charge is -2.23. The molecule has 0 aromatic carbocycles. The third-order valence-corrected chi connectivity index (χ3v) is 2.09. The Morgan fingerprint density at radius 1 is 1.29 bits per heavy atom. The molecule has 1 aliphatic heterocycles. The molecular weight excluding hydrogens is 186 g/mol. The molecule has 1 unspecified atom stereocenters. The Kier molecular flexibility index (Phi) is 2.57. The number of nitrogens with one attached hydrogen (secondary N) is 2. The van der Waals surface area contributed by atoms with Crippen LogP contribution in [0.25, 0.3) is 0 Å². The molecule has 0 aromatic heterocycles. The molecule has 3 N–H and O–H groups in total. The largest absolute Gasteiger partial charge is 0.391 e. The van der Waals surface area contributed by atoms with Crippen LogP contribution in [-0.2, 0) is 9.59 Å². The second-order valence-electron chi connectivity index (χ2n) is 3.70. The molecule has 0 aliphatic carbocycles. The number of carbonyl (C=O) groups excluding carboxylic acids is 2. The molecule has 1 aliphatic rings. The summed E-state index contributed by atoms with van der Waals surface area (Å²) in [5, 5.41) is 13.8. The van der Waals surface area contributed by atoms with Gasteiger partial charge in [0.25, 0.3) is 0 Å². The van der Waals surface area contributed by atoms with Crippen molar-refractivity contribution in [3.63, 3.8) is 0 Å². The zero-order chi connectivity index (χ0) is 10.9. The number of aliphatic hydroxyl groups is 1. The van der Waals surface area contributed by atoms with E-state index in [-0.39, 0.29) is 5.96 Å². The van der Waals surface area contributed by atoms with Crippen molar-refractivity contribution in [2.45, 2.75) is 32.4 Å². The fourth-order valence-electron chi connectivity index (χ4n) is 0.797. The first-order valence-corrected chi connectivity index (χ1v) is 4.23. The van der Waals surface area contributed by atoms with Gasteiger partial charge in [0, 0.05) is 0 Å². The molecule has 6 nitrogen and oxygen atoms in total.